The van der Waals surface area contributed by atoms with E-state index in [1.54, 1.807) is 12.1 Å². The maximum absolute atomic E-state index is 12.0. The number of benzene rings is 1. The quantitative estimate of drug-likeness (QED) is 0.793. The number of alkyl halides is 2. The summed E-state index contributed by atoms with van der Waals surface area (Å²) in [6.07, 6.45) is 0.513. The monoisotopic (exact) mass is 360 g/mol. The molecule has 4 nitrogen and oxygen atoms in total. The summed E-state index contributed by atoms with van der Waals surface area (Å²) < 4.78 is 28.3. The van der Waals surface area contributed by atoms with E-state index in [0.29, 0.717) is 13.0 Å². The van der Waals surface area contributed by atoms with E-state index < -0.39 is 12.5 Å². The maximum Gasteiger partial charge on any atom is 0.387 e. The van der Waals surface area contributed by atoms with Crippen LogP contribution >= 0.6 is 23.2 Å². The number of rotatable bonds is 6. The molecule has 0 unspecified atom stereocenters. The van der Waals surface area contributed by atoms with Crippen molar-refractivity contribution in [2.75, 3.05) is 6.54 Å². The summed E-state index contributed by atoms with van der Waals surface area (Å²) >= 11 is 11.6. The minimum Gasteiger partial charge on any atom is -0.435 e. The van der Waals surface area contributed by atoms with Crippen LogP contribution in [-0.4, -0.2) is 24.0 Å². The lowest BCUT2D eigenvalue weighted by Gasteiger charge is -2.08. The molecule has 1 aromatic heterocycles. The van der Waals surface area contributed by atoms with Gasteiger partial charge in [0.1, 0.15) is 16.6 Å². The summed E-state index contributed by atoms with van der Waals surface area (Å²) in [5.74, 6) is -0.349. The van der Waals surface area contributed by atoms with E-state index in [-0.39, 0.29) is 21.6 Å². The zero-order chi connectivity index (χ0) is 16.8. The molecule has 0 aliphatic carbocycles. The van der Waals surface area contributed by atoms with E-state index in [4.69, 9.17) is 23.2 Å². The Balaban J connectivity index is 1.87. The molecule has 0 spiro atoms. The van der Waals surface area contributed by atoms with Crippen molar-refractivity contribution in [1.82, 2.24) is 10.3 Å². The van der Waals surface area contributed by atoms with Crippen LogP contribution in [0.3, 0.4) is 0 Å². The molecule has 0 bridgehead atoms. The van der Waals surface area contributed by atoms with Gasteiger partial charge in [0.05, 0.1) is 5.02 Å². The topological polar surface area (TPSA) is 51.2 Å². The lowest BCUT2D eigenvalue weighted by molar-refractivity contribution is -0.0498. The second-order valence-electron chi connectivity index (χ2n) is 4.49. The fourth-order valence-electron chi connectivity index (χ4n) is 1.82. The summed E-state index contributed by atoms with van der Waals surface area (Å²) in [5, 5.41) is 3.05. The van der Waals surface area contributed by atoms with Gasteiger partial charge in [-0.05, 0) is 36.2 Å². The molecule has 1 aromatic carbocycles. The van der Waals surface area contributed by atoms with Gasteiger partial charge in [-0.3, -0.25) is 4.79 Å². The smallest absolute Gasteiger partial charge is 0.387 e. The number of nitrogens with zero attached hydrogens (tertiary/aromatic N) is 1. The Hall–Kier alpha value is -1.92. The van der Waals surface area contributed by atoms with Crippen LogP contribution in [0.25, 0.3) is 0 Å². The molecule has 0 aliphatic rings. The van der Waals surface area contributed by atoms with Gasteiger partial charge in [0, 0.05) is 6.54 Å². The third kappa shape index (κ3) is 5.33. The molecular formula is C15H12Cl2F2N2O2. The third-order valence-electron chi connectivity index (χ3n) is 2.87. The van der Waals surface area contributed by atoms with Gasteiger partial charge in [0.15, 0.2) is 0 Å². The Morgan fingerprint density at radius 1 is 1.17 bits per heavy atom. The second kappa shape index (κ2) is 8.08. The fourth-order valence-corrected chi connectivity index (χ4v) is 2.16. The highest BCUT2D eigenvalue weighted by molar-refractivity contribution is 6.34. The van der Waals surface area contributed by atoms with Crippen LogP contribution in [0, 0.1) is 0 Å². The average Bonchev–Trinajstić information content (AvgIpc) is 2.51. The van der Waals surface area contributed by atoms with Crippen LogP contribution in [0.4, 0.5) is 8.78 Å². The Morgan fingerprint density at radius 2 is 1.87 bits per heavy atom. The van der Waals surface area contributed by atoms with E-state index in [9.17, 15) is 13.6 Å². The van der Waals surface area contributed by atoms with Crippen LogP contribution < -0.4 is 10.1 Å². The van der Waals surface area contributed by atoms with E-state index in [1.165, 1.54) is 24.3 Å². The summed E-state index contributed by atoms with van der Waals surface area (Å²) in [6, 6.07) is 9.16. The zero-order valence-electron chi connectivity index (χ0n) is 11.7. The molecule has 122 valence electrons. The van der Waals surface area contributed by atoms with Gasteiger partial charge >= 0.3 is 6.61 Å². The molecule has 2 aromatic rings. The van der Waals surface area contributed by atoms with Crippen LogP contribution in [0.2, 0.25) is 10.2 Å². The average molecular weight is 361 g/mol. The number of carbonyl (C=O) groups is 1. The number of nitrogens with one attached hydrogen (secondary N) is 1. The molecule has 0 aliphatic heterocycles. The lowest BCUT2D eigenvalue weighted by atomic mass is 10.1. The first-order valence-corrected chi connectivity index (χ1v) is 7.35. The van der Waals surface area contributed by atoms with Gasteiger partial charge in [0.25, 0.3) is 5.91 Å². The van der Waals surface area contributed by atoms with Gasteiger partial charge in [0.2, 0.25) is 0 Å². The maximum atomic E-state index is 12.0. The van der Waals surface area contributed by atoms with Crippen molar-refractivity contribution in [2.24, 2.45) is 0 Å². The van der Waals surface area contributed by atoms with E-state index >= 15 is 0 Å². The number of ether oxygens (including phenoxy) is 1. The highest BCUT2D eigenvalue weighted by Crippen LogP contribution is 2.17. The van der Waals surface area contributed by atoms with Crippen LogP contribution in [0.1, 0.15) is 16.1 Å². The van der Waals surface area contributed by atoms with Crippen molar-refractivity contribution in [2.45, 2.75) is 13.0 Å². The number of hydrogen-bond acceptors (Lipinski definition) is 3. The van der Waals surface area contributed by atoms with E-state index in [0.717, 1.165) is 5.56 Å². The molecule has 1 N–H and O–H groups in total. The van der Waals surface area contributed by atoms with Crippen molar-refractivity contribution < 1.29 is 18.3 Å². The zero-order valence-corrected chi connectivity index (χ0v) is 13.2. The minimum absolute atomic E-state index is 0.0554. The number of aromatic nitrogens is 1. The second-order valence-corrected chi connectivity index (χ2v) is 5.29. The Labute approximate surface area is 141 Å². The Morgan fingerprint density at radius 3 is 2.52 bits per heavy atom. The first kappa shape index (κ1) is 17.4. The Kier molecular flexibility index (Phi) is 6.12. The van der Waals surface area contributed by atoms with Crippen molar-refractivity contribution >= 4 is 29.1 Å². The van der Waals surface area contributed by atoms with Crippen molar-refractivity contribution in [3.8, 4) is 5.75 Å². The molecular weight excluding hydrogens is 349 g/mol. The molecule has 1 heterocycles. The molecule has 2 rings (SSSR count). The van der Waals surface area contributed by atoms with Crippen LogP contribution in [0.5, 0.6) is 5.75 Å². The molecule has 0 fully saturated rings. The molecule has 1 amide bonds. The number of amides is 1. The van der Waals surface area contributed by atoms with Gasteiger partial charge in [-0.1, -0.05) is 35.3 Å². The molecule has 23 heavy (non-hydrogen) atoms. The molecule has 8 heteroatoms. The summed E-state index contributed by atoms with van der Waals surface area (Å²) in [5.41, 5.74) is 0.914. The summed E-state index contributed by atoms with van der Waals surface area (Å²) in [7, 11) is 0. The first-order valence-electron chi connectivity index (χ1n) is 6.59. The van der Waals surface area contributed by atoms with Gasteiger partial charge in [-0.25, -0.2) is 4.98 Å². The van der Waals surface area contributed by atoms with Crippen LogP contribution in [0.15, 0.2) is 36.4 Å². The Bertz CT molecular complexity index is 682. The summed E-state index contributed by atoms with van der Waals surface area (Å²) in [4.78, 5) is 15.8. The minimum atomic E-state index is -2.85. The highest BCUT2D eigenvalue weighted by Gasteiger charge is 2.12. The first-order chi connectivity index (χ1) is 11.0. The molecule has 0 saturated carbocycles. The fraction of sp³-hybridized carbons (Fsp3) is 0.200. The molecule has 0 atom stereocenters. The molecule has 0 radical (unpaired) electrons. The van der Waals surface area contributed by atoms with Crippen molar-refractivity contribution in [3.63, 3.8) is 0 Å². The highest BCUT2D eigenvalue weighted by atomic mass is 35.5. The van der Waals surface area contributed by atoms with Gasteiger partial charge in [-0.2, -0.15) is 8.78 Å². The normalized spacial score (nSPS) is 10.7. The number of halogens is 4. The number of pyridine rings is 1. The standard InChI is InChI=1S/C15H12Cl2F2N2O2/c16-11-5-6-12(17)21-13(11)14(22)20-8-7-9-1-3-10(4-2-9)23-15(18)19/h1-6,15H,7-8H2,(H,20,22). The molecule has 0 saturated heterocycles. The predicted octanol–water partition coefficient (Wildman–Crippen LogP) is 3.96. The van der Waals surface area contributed by atoms with Crippen molar-refractivity contribution in [3.05, 3.63) is 57.8 Å². The van der Waals surface area contributed by atoms with Gasteiger partial charge < -0.3 is 10.1 Å². The van der Waals surface area contributed by atoms with E-state index in [1.807, 2.05) is 0 Å². The SMILES string of the molecule is O=C(NCCc1ccc(OC(F)F)cc1)c1nc(Cl)ccc1Cl. The largest absolute Gasteiger partial charge is 0.435 e. The van der Waals surface area contributed by atoms with Gasteiger partial charge in [-0.15, -0.1) is 0 Å². The predicted molar refractivity (Wildman–Crippen MR) is 83.4 cm³/mol. The van der Waals surface area contributed by atoms with Crippen molar-refractivity contribution in [1.29, 1.82) is 0 Å². The van der Waals surface area contributed by atoms with E-state index in [2.05, 4.69) is 15.0 Å². The number of hydrogen-bond donors (Lipinski definition) is 1. The van der Waals surface area contributed by atoms with Crippen LogP contribution in [-0.2, 0) is 6.42 Å². The lowest BCUT2D eigenvalue weighted by Crippen LogP contribution is -2.26. The third-order valence-corrected chi connectivity index (χ3v) is 3.39. The summed E-state index contributed by atoms with van der Waals surface area (Å²) in [6.45, 7) is -2.52. The number of carbonyl (C=O) groups excluding carboxylic acids is 1.